The van der Waals surface area contributed by atoms with Gasteiger partial charge in [-0.1, -0.05) is 23.7 Å². The predicted molar refractivity (Wildman–Crippen MR) is 69.8 cm³/mol. The quantitative estimate of drug-likeness (QED) is 0.803. The maximum absolute atomic E-state index is 11.9. The van der Waals surface area contributed by atoms with E-state index in [4.69, 9.17) is 11.6 Å². The van der Waals surface area contributed by atoms with E-state index < -0.39 is 10.0 Å². The number of sulfonamides is 1. The summed E-state index contributed by atoms with van der Waals surface area (Å²) in [5.41, 5.74) is 0. The Labute approximate surface area is 108 Å². The number of benzene rings is 1. The molecule has 0 fully saturated rings. The van der Waals surface area contributed by atoms with Gasteiger partial charge in [-0.15, -0.1) is 0 Å². The summed E-state index contributed by atoms with van der Waals surface area (Å²) in [6.07, 6.45) is 0.761. The molecule has 0 saturated carbocycles. The Bertz CT molecular complexity index is 460. The van der Waals surface area contributed by atoms with Crippen LogP contribution < -0.4 is 4.72 Å². The molecule has 6 heteroatoms. The SMILES string of the molecule is CN(C)CCCNS(=O)(=O)c1ccccc1Cl. The van der Waals surface area contributed by atoms with Crippen molar-refractivity contribution in [2.45, 2.75) is 11.3 Å². The Hall–Kier alpha value is -0.620. The summed E-state index contributed by atoms with van der Waals surface area (Å²) >= 11 is 5.84. The van der Waals surface area contributed by atoms with Gasteiger partial charge in [-0.3, -0.25) is 0 Å². The van der Waals surface area contributed by atoms with Crippen LogP contribution in [-0.4, -0.2) is 40.5 Å². The van der Waals surface area contributed by atoms with Gasteiger partial charge in [0.05, 0.1) is 5.02 Å². The molecule has 0 aliphatic rings. The van der Waals surface area contributed by atoms with Gasteiger partial charge in [0.1, 0.15) is 4.90 Å². The number of hydrogen-bond acceptors (Lipinski definition) is 3. The van der Waals surface area contributed by atoms with Crippen molar-refractivity contribution in [1.29, 1.82) is 0 Å². The maximum Gasteiger partial charge on any atom is 0.242 e. The summed E-state index contributed by atoms with van der Waals surface area (Å²) < 4.78 is 26.3. The second-order valence-corrected chi connectivity index (χ2v) is 6.13. The molecule has 0 radical (unpaired) electrons. The van der Waals surface area contributed by atoms with Crippen molar-refractivity contribution in [2.75, 3.05) is 27.2 Å². The third kappa shape index (κ3) is 4.63. The van der Waals surface area contributed by atoms with Gasteiger partial charge in [-0.2, -0.15) is 0 Å². The average Bonchev–Trinajstić information content (AvgIpc) is 2.24. The summed E-state index contributed by atoms with van der Waals surface area (Å²) in [5, 5.41) is 0.243. The van der Waals surface area contributed by atoms with Gasteiger partial charge in [0.2, 0.25) is 10.0 Å². The highest BCUT2D eigenvalue weighted by atomic mass is 35.5. The summed E-state index contributed by atoms with van der Waals surface area (Å²) in [4.78, 5) is 2.13. The average molecular weight is 277 g/mol. The van der Waals surface area contributed by atoms with E-state index in [9.17, 15) is 8.42 Å². The highest BCUT2D eigenvalue weighted by Crippen LogP contribution is 2.19. The maximum atomic E-state index is 11.9. The Morgan fingerprint density at radius 2 is 1.94 bits per heavy atom. The lowest BCUT2D eigenvalue weighted by Crippen LogP contribution is -2.27. The molecular formula is C11H17ClN2O2S. The first kappa shape index (κ1) is 14.4. The molecule has 96 valence electrons. The molecule has 0 bridgehead atoms. The number of nitrogens with zero attached hydrogens (tertiary/aromatic N) is 1. The van der Waals surface area contributed by atoms with Crippen LogP contribution in [0.25, 0.3) is 0 Å². The zero-order valence-electron chi connectivity index (χ0n) is 9.98. The summed E-state index contributed by atoms with van der Waals surface area (Å²) in [6, 6.07) is 6.42. The second-order valence-electron chi connectivity index (χ2n) is 3.99. The van der Waals surface area contributed by atoms with Crippen LogP contribution in [0, 0.1) is 0 Å². The van der Waals surface area contributed by atoms with Crippen molar-refractivity contribution < 1.29 is 8.42 Å². The molecule has 0 unspecified atom stereocenters. The van der Waals surface area contributed by atoms with Crippen LogP contribution in [0.4, 0.5) is 0 Å². The Morgan fingerprint density at radius 1 is 1.29 bits per heavy atom. The largest absolute Gasteiger partial charge is 0.309 e. The molecule has 1 aromatic carbocycles. The lowest BCUT2D eigenvalue weighted by Gasteiger charge is -2.10. The van der Waals surface area contributed by atoms with Crippen molar-refractivity contribution in [3.8, 4) is 0 Å². The highest BCUT2D eigenvalue weighted by Gasteiger charge is 2.16. The van der Waals surface area contributed by atoms with Crippen LogP contribution in [0.3, 0.4) is 0 Å². The molecule has 1 aromatic rings. The van der Waals surface area contributed by atoms with Crippen molar-refractivity contribution >= 4 is 21.6 Å². The number of rotatable bonds is 6. The smallest absolute Gasteiger partial charge is 0.242 e. The van der Waals surface area contributed by atoms with E-state index in [-0.39, 0.29) is 9.92 Å². The molecule has 0 aliphatic carbocycles. The van der Waals surface area contributed by atoms with E-state index in [2.05, 4.69) is 4.72 Å². The first-order valence-corrected chi connectivity index (χ1v) is 7.18. The Morgan fingerprint density at radius 3 is 2.53 bits per heavy atom. The highest BCUT2D eigenvalue weighted by molar-refractivity contribution is 7.89. The zero-order chi connectivity index (χ0) is 12.9. The monoisotopic (exact) mass is 276 g/mol. The first-order valence-electron chi connectivity index (χ1n) is 5.32. The summed E-state index contributed by atoms with van der Waals surface area (Å²) in [6.45, 7) is 1.25. The van der Waals surface area contributed by atoms with Crippen LogP contribution >= 0.6 is 11.6 Å². The normalized spacial score (nSPS) is 12.0. The standard InChI is InChI=1S/C11H17ClN2O2S/c1-14(2)9-5-8-13-17(15,16)11-7-4-3-6-10(11)12/h3-4,6-7,13H,5,8-9H2,1-2H3. The molecule has 0 aliphatic heterocycles. The fourth-order valence-corrected chi connectivity index (χ4v) is 2.93. The van der Waals surface area contributed by atoms with Crippen LogP contribution in [-0.2, 0) is 10.0 Å². The fourth-order valence-electron chi connectivity index (χ4n) is 1.34. The van der Waals surface area contributed by atoms with Crippen molar-refractivity contribution in [2.24, 2.45) is 0 Å². The molecule has 0 aromatic heterocycles. The molecule has 0 atom stereocenters. The molecule has 1 N–H and O–H groups in total. The van der Waals surface area contributed by atoms with Gasteiger partial charge in [0, 0.05) is 6.54 Å². The first-order chi connectivity index (χ1) is 7.93. The topological polar surface area (TPSA) is 49.4 Å². The molecule has 0 heterocycles. The minimum atomic E-state index is -3.49. The number of hydrogen-bond donors (Lipinski definition) is 1. The van der Waals surface area contributed by atoms with E-state index in [0.717, 1.165) is 13.0 Å². The van der Waals surface area contributed by atoms with Gasteiger partial charge >= 0.3 is 0 Å². The fraction of sp³-hybridized carbons (Fsp3) is 0.455. The number of halogens is 1. The van der Waals surface area contributed by atoms with E-state index >= 15 is 0 Å². The van der Waals surface area contributed by atoms with Crippen LogP contribution in [0.2, 0.25) is 5.02 Å². The van der Waals surface area contributed by atoms with E-state index in [1.54, 1.807) is 18.2 Å². The van der Waals surface area contributed by atoms with Gasteiger partial charge in [-0.25, -0.2) is 13.1 Å². The molecule has 0 amide bonds. The minimum absolute atomic E-state index is 0.131. The van der Waals surface area contributed by atoms with Gasteiger partial charge in [0.25, 0.3) is 0 Å². The summed E-state index contributed by atoms with van der Waals surface area (Å²) in [7, 11) is 0.405. The van der Waals surface area contributed by atoms with E-state index in [1.807, 2.05) is 19.0 Å². The molecule has 4 nitrogen and oxygen atoms in total. The van der Waals surface area contributed by atoms with Crippen molar-refractivity contribution in [1.82, 2.24) is 9.62 Å². The third-order valence-electron chi connectivity index (χ3n) is 2.20. The van der Waals surface area contributed by atoms with Gasteiger partial charge < -0.3 is 4.90 Å². The molecular weight excluding hydrogens is 260 g/mol. The lowest BCUT2D eigenvalue weighted by atomic mass is 10.4. The molecule has 1 rings (SSSR count). The second kappa shape index (κ2) is 6.35. The van der Waals surface area contributed by atoms with E-state index in [1.165, 1.54) is 6.07 Å². The van der Waals surface area contributed by atoms with Gasteiger partial charge in [-0.05, 0) is 39.2 Å². The third-order valence-corrected chi connectivity index (χ3v) is 4.16. The van der Waals surface area contributed by atoms with E-state index in [0.29, 0.717) is 6.54 Å². The van der Waals surface area contributed by atoms with Crippen LogP contribution in [0.1, 0.15) is 6.42 Å². The minimum Gasteiger partial charge on any atom is -0.309 e. The van der Waals surface area contributed by atoms with Crippen molar-refractivity contribution in [3.05, 3.63) is 29.3 Å². The number of nitrogens with one attached hydrogen (secondary N) is 1. The summed E-state index contributed by atoms with van der Waals surface area (Å²) in [5.74, 6) is 0. The van der Waals surface area contributed by atoms with Crippen LogP contribution in [0.5, 0.6) is 0 Å². The lowest BCUT2D eigenvalue weighted by molar-refractivity contribution is 0.400. The zero-order valence-corrected chi connectivity index (χ0v) is 11.6. The van der Waals surface area contributed by atoms with Crippen molar-refractivity contribution in [3.63, 3.8) is 0 Å². The molecule has 0 saturated heterocycles. The predicted octanol–water partition coefficient (Wildman–Crippen LogP) is 1.57. The van der Waals surface area contributed by atoms with Crippen LogP contribution in [0.15, 0.2) is 29.2 Å². The Balaban J connectivity index is 2.61. The molecule has 17 heavy (non-hydrogen) atoms. The molecule has 0 spiro atoms. The van der Waals surface area contributed by atoms with Gasteiger partial charge in [0.15, 0.2) is 0 Å². The Kier molecular flexibility index (Phi) is 5.39.